The van der Waals surface area contributed by atoms with Gasteiger partial charge in [-0.1, -0.05) is 66.6 Å². The molecule has 4 aromatic rings. The summed E-state index contributed by atoms with van der Waals surface area (Å²) in [5.74, 6) is 6.10. The Morgan fingerprint density at radius 2 is 1.62 bits per heavy atom. The first-order valence-corrected chi connectivity index (χ1v) is 13.1. The molecule has 2 amide bonds. The summed E-state index contributed by atoms with van der Waals surface area (Å²) >= 11 is 0. The Bertz CT molecular complexity index is 1460. The van der Waals surface area contributed by atoms with E-state index in [1.807, 2.05) is 95.9 Å². The van der Waals surface area contributed by atoms with Crippen molar-refractivity contribution in [3.8, 4) is 11.8 Å². The van der Waals surface area contributed by atoms with Crippen LogP contribution in [-0.4, -0.2) is 58.8 Å². The number of benzene rings is 3. The first kappa shape index (κ1) is 25.9. The smallest absolute Gasteiger partial charge is 0.254 e. The maximum absolute atomic E-state index is 13.8. The first-order chi connectivity index (χ1) is 19.1. The van der Waals surface area contributed by atoms with Gasteiger partial charge in [0.25, 0.3) is 5.91 Å². The van der Waals surface area contributed by atoms with Crippen LogP contribution in [0.3, 0.4) is 0 Å². The molecule has 39 heavy (non-hydrogen) atoms. The summed E-state index contributed by atoms with van der Waals surface area (Å²) in [5, 5.41) is 2.97. The average molecular weight is 515 g/mol. The average Bonchev–Trinajstić information content (AvgIpc) is 2.98. The van der Waals surface area contributed by atoms with Gasteiger partial charge in [-0.3, -0.25) is 14.5 Å². The van der Waals surface area contributed by atoms with Gasteiger partial charge in [-0.2, -0.15) is 0 Å². The van der Waals surface area contributed by atoms with E-state index in [1.54, 1.807) is 6.20 Å². The molecule has 2 heterocycles. The highest BCUT2D eigenvalue weighted by Crippen LogP contribution is 2.19. The summed E-state index contributed by atoms with van der Waals surface area (Å²) in [5.41, 5.74) is 4.00. The predicted molar refractivity (Wildman–Crippen MR) is 153 cm³/mol. The molecule has 0 spiro atoms. The van der Waals surface area contributed by atoms with Gasteiger partial charge in [0.1, 0.15) is 5.69 Å². The lowest BCUT2D eigenvalue weighted by molar-refractivity contribution is -0.117. The van der Waals surface area contributed by atoms with Crippen LogP contribution in [-0.2, 0) is 11.2 Å². The van der Waals surface area contributed by atoms with E-state index >= 15 is 0 Å². The molecular formula is C33H30N4O2. The molecule has 5 rings (SSSR count). The highest BCUT2D eigenvalue weighted by molar-refractivity contribution is 5.95. The number of nitrogens with one attached hydrogen (secondary N) is 1. The molecule has 1 N–H and O–H groups in total. The monoisotopic (exact) mass is 514 g/mol. The number of hydrogen-bond acceptors (Lipinski definition) is 4. The molecule has 1 aliphatic heterocycles. The fourth-order valence-corrected chi connectivity index (χ4v) is 4.79. The molecule has 1 atom stereocenters. The van der Waals surface area contributed by atoms with Gasteiger partial charge < -0.3 is 10.2 Å². The second-order valence-corrected chi connectivity index (χ2v) is 9.54. The Balaban J connectivity index is 1.31. The van der Waals surface area contributed by atoms with E-state index in [2.05, 4.69) is 39.2 Å². The summed E-state index contributed by atoms with van der Waals surface area (Å²) < 4.78 is 0. The van der Waals surface area contributed by atoms with Crippen molar-refractivity contribution in [1.29, 1.82) is 0 Å². The molecular weight excluding hydrogens is 484 g/mol. The van der Waals surface area contributed by atoms with Crippen molar-refractivity contribution >= 4 is 17.5 Å². The molecule has 0 aliphatic carbocycles. The van der Waals surface area contributed by atoms with Gasteiger partial charge in [0.2, 0.25) is 5.91 Å². The number of piperazine rings is 1. The number of rotatable bonds is 6. The van der Waals surface area contributed by atoms with Gasteiger partial charge in [0.05, 0.1) is 6.54 Å². The van der Waals surface area contributed by atoms with Crippen molar-refractivity contribution in [2.24, 2.45) is 0 Å². The zero-order chi connectivity index (χ0) is 26.9. The topological polar surface area (TPSA) is 65.5 Å². The number of carbonyl (C=O) groups excluding carboxylic acids is 2. The lowest BCUT2D eigenvalue weighted by Gasteiger charge is -2.41. The third kappa shape index (κ3) is 7.19. The molecule has 0 unspecified atom stereocenters. The Hall–Kier alpha value is -4.73. The second kappa shape index (κ2) is 12.7. The number of anilines is 1. The number of carbonyl (C=O) groups is 2. The Morgan fingerprint density at radius 3 is 2.38 bits per heavy atom. The summed E-state index contributed by atoms with van der Waals surface area (Å²) in [6, 6.07) is 32.6. The maximum Gasteiger partial charge on any atom is 0.254 e. The molecule has 3 aromatic carbocycles. The SMILES string of the molecule is O=C(CN1CCN(C(=O)c2cccc(C#Cc3ccccn3)c2)[C@H](Cc2ccccc2)C1)Nc1ccccc1. The van der Waals surface area contributed by atoms with Crippen LogP contribution < -0.4 is 5.32 Å². The molecule has 1 aromatic heterocycles. The fraction of sp³-hybridized carbons (Fsp3) is 0.182. The number of nitrogens with zero attached hydrogens (tertiary/aromatic N) is 3. The Morgan fingerprint density at radius 1 is 0.846 bits per heavy atom. The molecule has 0 saturated carbocycles. The predicted octanol–water partition coefficient (Wildman–Crippen LogP) is 4.49. The first-order valence-electron chi connectivity index (χ1n) is 13.1. The lowest BCUT2D eigenvalue weighted by Crippen LogP contribution is -2.57. The van der Waals surface area contributed by atoms with E-state index in [9.17, 15) is 9.59 Å². The zero-order valence-corrected chi connectivity index (χ0v) is 21.7. The number of hydrogen-bond donors (Lipinski definition) is 1. The van der Waals surface area contributed by atoms with Crippen LogP contribution in [0, 0.1) is 11.8 Å². The van der Waals surface area contributed by atoms with E-state index in [4.69, 9.17) is 0 Å². The van der Waals surface area contributed by atoms with Crippen molar-refractivity contribution in [2.75, 3.05) is 31.5 Å². The van der Waals surface area contributed by atoms with Gasteiger partial charge in [-0.25, -0.2) is 4.98 Å². The van der Waals surface area contributed by atoms with Crippen LogP contribution in [0.1, 0.15) is 27.2 Å². The minimum Gasteiger partial charge on any atom is -0.333 e. The van der Waals surface area contributed by atoms with Crippen LogP contribution >= 0.6 is 0 Å². The minimum atomic E-state index is -0.0681. The van der Waals surface area contributed by atoms with Gasteiger partial charge >= 0.3 is 0 Å². The van der Waals surface area contributed by atoms with Crippen LogP contribution in [0.15, 0.2) is 109 Å². The largest absolute Gasteiger partial charge is 0.333 e. The van der Waals surface area contributed by atoms with E-state index in [0.29, 0.717) is 37.3 Å². The molecule has 6 heteroatoms. The van der Waals surface area contributed by atoms with Crippen LogP contribution in [0.5, 0.6) is 0 Å². The third-order valence-electron chi connectivity index (χ3n) is 6.68. The van der Waals surface area contributed by atoms with Crippen molar-refractivity contribution in [1.82, 2.24) is 14.8 Å². The van der Waals surface area contributed by atoms with Gasteiger partial charge in [-0.05, 0) is 60.4 Å². The zero-order valence-electron chi connectivity index (χ0n) is 21.7. The van der Waals surface area contributed by atoms with E-state index < -0.39 is 0 Å². The van der Waals surface area contributed by atoms with E-state index in [0.717, 1.165) is 16.8 Å². The molecule has 0 radical (unpaired) electrons. The lowest BCUT2D eigenvalue weighted by atomic mass is 10.00. The van der Waals surface area contributed by atoms with Crippen molar-refractivity contribution in [2.45, 2.75) is 12.5 Å². The summed E-state index contributed by atoms with van der Waals surface area (Å²) in [6.45, 7) is 2.06. The van der Waals surface area contributed by atoms with Crippen LogP contribution in [0.4, 0.5) is 5.69 Å². The number of aromatic nitrogens is 1. The Kier molecular flexibility index (Phi) is 8.42. The molecule has 6 nitrogen and oxygen atoms in total. The number of para-hydroxylation sites is 1. The van der Waals surface area contributed by atoms with Crippen molar-refractivity contribution < 1.29 is 9.59 Å². The third-order valence-corrected chi connectivity index (χ3v) is 6.68. The fourth-order valence-electron chi connectivity index (χ4n) is 4.79. The highest BCUT2D eigenvalue weighted by atomic mass is 16.2. The Labute approximate surface area is 229 Å². The molecule has 1 saturated heterocycles. The maximum atomic E-state index is 13.8. The normalized spacial score (nSPS) is 15.2. The molecule has 1 fully saturated rings. The van der Waals surface area contributed by atoms with E-state index in [-0.39, 0.29) is 24.4 Å². The standard InChI is InChI=1S/C33H30N4O2/c38-32(35-30-15-5-2-6-16-30)25-36-20-21-37(31(24-36)23-26-10-3-1-4-11-26)33(39)28-13-9-12-27(22-28)17-18-29-14-7-8-19-34-29/h1-16,19,22,31H,20-21,23-25H2,(H,35,38)/t31-/m1/s1. The number of amides is 2. The van der Waals surface area contributed by atoms with Crippen LogP contribution in [0.2, 0.25) is 0 Å². The quantitative estimate of drug-likeness (QED) is 0.385. The van der Waals surface area contributed by atoms with Crippen LogP contribution in [0.25, 0.3) is 0 Å². The summed E-state index contributed by atoms with van der Waals surface area (Å²) in [6.07, 6.45) is 2.42. The van der Waals surface area contributed by atoms with E-state index in [1.165, 1.54) is 0 Å². The van der Waals surface area contributed by atoms with Crippen molar-refractivity contribution in [3.63, 3.8) is 0 Å². The van der Waals surface area contributed by atoms with Gasteiger partial charge in [-0.15, -0.1) is 0 Å². The second-order valence-electron chi connectivity index (χ2n) is 9.54. The molecule has 194 valence electrons. The summed E-state index contributed by atoms with van der Waals surface area (Å²) in [7, 11) is 0. The number of pyridine rings is 1. The molecule has 1 aliphatic rings. The summed E-state index contributed by atoms with van der Waals surface area (Å²) in [4.78, 5) is 34.8. The highest BCUT2D eigenvalue weighted by Gasteiger charge is 2.32. The molecule has 0 bridgehead atoms. The van der Waals surface area contributed by atoms with Crippen molar-refractivity contribution in [3.05, 3.63) is 132 Å². The van der Waals surface area contributed by atoms with Gasteiger partial charge in [0.15, 0.2) is 0 Å². The minimum absolute atomic E-state index is 0.0224. The van der Waals surface area contributed by atoms with Gasteiger partial charge in [0, 0.05) is 48.7 Å².